The molecule has 1 amide bonds. The number of aryl methyl sites for hydroxylation is 1. The quantitative estimate of drug-likeness (QED) is 0.897. The average molecular weight is 287 g/mol. The van der Waals surface area contributed by atoms with Crippen LogP contribution in [0.3, 0.4) is 0 Å². The molecule has 0 heterocycles. The molecule has 2 fully saturated rings. The molecule has 4 atom stereocenters. The lowest BCUT2D eigenvalue weighted by Crippen LogP contribution is -2.42. The maximum absolute atomic E-state index is 12.6. The van der Waals surface area contributed by atoms with Gasteiger partial charge < -0.3 is 16.0 Å². The van der Waals surface area contributed by atoms with Gasteiger partial charge in [0.2, 0.25) is 5.91 Å². The highest BCUT2D eigenvalue weighted by Crippen LogP contribution is 2.48. The summed E-state index contributed by atoms with van der Waals surface area (Å²) in [5.41, 5.74) is 9.39. The monoisotopic (exact) mass is 287 g/mol. The van der Waals surface area contributed by atoms with Crippen LogP contribution < -0.4 is 16.0 Å². The minimum absolute atomic E-state index is 0.00308. The molecule has 4 heteroatoms. The number of hydrogen-bond acceptors (Lipinski definition) is 3. The van der Waals surface area contributed by atoms with Gasteiger partial charge in [-0.25, -0.2) is 0 Å². The Morgan fingerprint density at radius 3 is 2.57 bits per heavy atom. The lowest BCUT2D eigenvalue weighted by Gasteiger charge is -2.27. The maximum Gasteiger partial charge on any atom is 0.229 e. The summed E-state index contributed by atoms with van der Waals surface area (Å²) in [7, 11) is 4.03. The zero-order valence-corrected chi connectivity index (χ0v) is 13.1. The molecule has 3 N–H and O–H groups in total. The van der Waals surface area contributed by atoms with E-state index < -0.39 is 0 Å². The minimum atomic E-state index is -0.00308. The first-order valence-electron chi connectivity index (χ1n) is 7.82. The SMILES string of the molecule is Cc1cc(N(C)C)ccc1NC(=O)C1C2CCC(C2)C1N. The summed E-state index contributed by atoms with van der Waals surface area (Å²) in [6.07, 6.45) is 3.50. The fourth-order valence-corrected chi connectivity index (χ4v) is 4.01. The van der Waals surface area contributed by atoms with E-state index in [9.17, 15) is 4.79 Å². The van der Waals surface area contributed by atoms with Crippen molar-refractivity contribution >= 4 is 17.3 Å². The summed E-state index contributed by atoms with van der Waals surface area (Å²) < 4.78 is 0. The number of nitrogens with one attached hydrogen (secondary N) is 1. The molecule has 114 valence electrons. The van der Waals surface area contributed by atoms with Gasteiger partial charge in [-0.1, -0.05) is 0 Å². The minimum Gasteiger partial charge on any atom is -0.378 e. The molecule has 0 spiro atoms. The third-order valence-corrected chi connectivity index (χ3v) is 5.27. The van der Waals surface area contributed by atoms with Crippen molar-refractivity contribution in [1.82, 2.24) is 0 Å². The van der Waals surface area contributed by atoms with Gasteiger partial charge in [0.05, 0.1) is 5.92 Å². The van der Waals surface area contributed by atoms with E-state index in [2.05, 4.69) is 16.3 Å². The van der Waals surface area contributed by atoms with Crippen LogP contribution in [-0.4, -0.2) is 26.0 Å². The number of amides is 1. The van der Waals surface area contributed by atoms with Gasteiger partial charge >= 0.3 is 0 Å². The molecule has 4 unspecified atom stereocenters. The summed E-state index contributed by atoms with van der Waals surface area (Å²) in [4.78, 5) is 14.6. The van der Waals surface area contributed by atoms with Crippen LogP contribution in [-0.2, 0) is 4.79 Å². The van der Waals surface area contributed by atoms with Gasteiger partial charge in [-0.05, 0) is 61.8 Å². The van der Waals surface area contributed by atoms with E-state index in [-0.39, 0.29) is 17.9 Å². The van der Waals surface area contributed by atoms with Crippen molar-refractivity contribution in [2.24, 2.45) is 23.5 Å². The predicted molar refractivity (Wildman–Crippen MR) is 86.4 cm³/mol. The number of nitrogens with zero attached hydrogens (tertiary/aromatic N) is 1. The Kier molecular flexibility index (Phi) is 3.66. The fourth-order valence-electron chi connectivity index (χ4n) is 4.01. The molecular weight excluding hydrogens is 262 g/mol. The summed E-state index contributed by atoms with van der Waals surface area (Å²) >= 11 is 0. The van der Waals surface area contributed by atoms with Crippen LogP contribution in [0.15, 0.2) is 18.2 Å². The highest BCUT2D eigenvalue weighted by Gasteiger charge is 2.49. The summed E-state index contributed by atoms with van der Waals surface area (Å²) in [5.74, 6) is 1.15. The van der Waals surface area contributed by atoms with E-state index >= 15 is 0 Å². The number of benzene rings is 1. The molecule has 2 aliphatic carbocycles. The molecule has 2 saturated carbocycles. The topological polar surface area (TPSA) is 58.4 Å². The van der Waals surface area contributed by atoms with Gasteiger partial charge in [-0.3, -0.25) is 4.79 Å². The third-order valence-electron chi connectivity index (χ3n) is 5.27. The first-order chi connectivity index (χ1) is 9.97. The van der Waals surface area contributed by atoms with Crippen molar-refractivity contribution in [3.05, 3.63) is 23.8 Å². The molecule has 2 aliphatic rings. The smallest absolute Gasteiger partial charge is 0.229 e. The van der Waals surface area contributed by atoms with Crippen molar-refractivity contribution in [2.45, 2.75) is 32.2 Å². The third kappa shape index (κ3) is 2.53. The Labute approximate surface area is 126 Å². The second-order valence-corrected chi connectivity index (χ2v) is 6.82. The molecule has 0 radical (unpaired) electrons. The predicted octanol–water partition coefficient (Wildman–Crippen LogP) is 2.37. The van der Waals surface area contributed by atoms with Crippen molar-refractivity contribution in [3.8, 4) is 0 Å². The highest BCUT2D eigenvalue weighted by molar-refractivity contribution is 5.94. The molecular formula is C17H25N3O. The summed E-state index contributed by atoms with van der Waals surface area (Å²) in [6.45, 7) is 2.03. The lowest BCUT2D eigenvalue weighted by atomic mass is 9.84. The molecule has 1 aromatic carbocycles. The first-order valence-corrected chi connectivity index (χ1v) is 7.82. The molecule has 0 aromatic heterocycles. The lowest BCUT2D eigenvalue weighted by molar-refractivity contribution is -0.121. The van der Waals surface area contributed by atoms with E-state index in [0.29, 0.717) is 11.8 Å². The molecule has 2 bridgehead atoms. The van der Waals surface area contributed by atoms with Crippen molar-refractivity contribution in [3.63, 3.8) is 0 Å². The first kappa shape index (κ1) is 14.4. The van der Waals surface area contributed by atoms with Gasteiger partial charge in [0.15, 0.2) is 0 Å². The summed E-state index contributed by atoms with van der Waals surface area (Å²) in [6, 6.07) is 6.16. The van der Waals surface area contributed by atoms with Gasteiger partial charge in [-0.15, -0.1) is 0 Å². The van der Waals surface area contributed by atoms with Gasteiger partial charge in [0.1, 0.15) is 0 Å². The van der Waals surface area contributed by atoms with Gasteiger partial charge in [0, 0.05) is 31.5 Å². The number of fused-ring (bicyclic) bond motifs is 2. The molecule has 1 aromatic rings. The molecule has 0 saturated heterocycles. The van der Waals surface area contributed by atoms with Gasteiger partial charge in [0.25, 0.3) is 0 Å². The van der Waals surface area contributed by atoms with Crippen molar-refractivity contribution in [2.75, 3.05) is 24.3 Å². The Hall–Kier alpha value is -1.55. The van der Waals surface area contributed by atoms with Crippen LogP contribution >= 0.6 is 0 Å². The van der Waals surface area contributed by atoms with Crippen LogP contribution in [0, 0.1) is 24.7 Å². The zero-order valence-electron chi connectivity index (χ0n) is 13.1. The van der Waals surface area contributed by atoms with Gasteiger partial charge in [-0.2, -0.15) is 0 Å². The number of anilines is 2. The molecule has 3 rings (SSSR count). The second-order valence-electron chi connectivity index (χ2n) is 6.82. The maximum atomic E-state index is 12.6. The highest BCUT2D eigenvalue weighted by atomic mass is 16.2. The zero-order chi connectivity index (χ0) is 15.1. The Morgan fingerprint density at radius 2 is 2.00 bits per heavy atom. The van der Waals surface area contributed by atoms with Crippen LogP contribution in [0.25, 0.3) is 0 Å². The average Bonchev–Trinajstić information content (AvgIpc) is 3.01. The number of hydrogen-bond donors (Lipinski definition) is 2. The fraction of sp³-hybridized carbons (Fsp3) is 0.588. The summed E-state index contributed by atoms with van der Waals surface area (Å²) in [5, 5.41) is 3.10. The number of carbonyl (C=O) groups is 1. The van der Waals surface area contributed by atoms with E-state index in [1.807, 2.05) is 33.2 Å². The Bertz CT molecular complexity index is 553. The van der Waals surface area contributed by atoms with E-state index in [1.54, 1.807) is 0 Å². The van der Waals surface area contributed by atoms with Crippen LogP contribution in [0.5, 0.6) is 0 Å². The van der Waals surface area contributed by atoms with E-state index in [1.165, 1.54) is 6.42 Å². The van der Waals surface area contributed by atoms with Crippen LogP contribution in [0.1, 0.15) is 24.8 Å². The normalized spacial score (nSPS) is 30.5. The van der Waals surface area contributed by atoms with Crippen molar-refractivity contribution in [1.29, 1.82) is 0 Å². The van der Waals surface area contributed by atoms with E-state index in [0.717, 1.165) is 29.8 Å². The van der Waals surface area contributed by atoms with E-state index in [4.69, 9.17) is 5.73 Å². The van der Waals surface area contributed by atoms with Crippen molar-refractivity contribution < 1.29 is 4.79 Å². The molecule has 21 heavy (non-hydrogen) atoms. The molecule has 0 aliphatic heterocycles. The number of nitrogens with two attached hydrogens (primary N) is 1. The van der Waals surface area contributed by atoms with Crippen LogP contribution in [0.4, 0.5) is 11.4 Å². The molecule has 4 nitrogen and oxygen atoms in total. The Morgan fingerprint density at radius 1 is 1.29 bits per heavy atom. The largest absolute Gasteiger partial charge is 0.378 e. The Balaban J connectivity index is 1.73. The standard InChI is InChI=1S/C17H25N3O/c1-10-8-13(20(2)3)6-7-14(10)19-17(21)15-11-4-5-12(9-11)16(15)18/h6-8,11-12,15-16H,4-5,9,18H2,1-3H3,(H,19,21). The number of rotatable bonds is 3. The second kappa shape index (κ2) is 5.34. The van der Waals surface area contributed by atoms with Crippen LogP contribution in [0.2, 0.25) is 0 Å². The number of carbonyl (C=O) groups excluding carboxylic acids is 1.